The lowest BCUT2D eigenvalue weighted by atomic mass is 9.96. The van der Waals surface area contributed by atoms with Crippen molar-refractivity contribution in [1.29, 1.82) is 0 Å². The highest BCUT2D eigenvalue weighted by atomic mass is 16.1. The summed E-state index contributed by atoms with van der Waals surface area (Å²) in [5, 5.41) is 0. The van der Waals surface area contributed by atoms with Crippen molar-refractivity contribution in [3.63, 3.8) is 0 Å². The van der Waals surface area contributed by atoms with Crippen LogP contribution < -0.4 is 5.56 Å². The molecule has 2 aromatic carbocycles. The standard InChI is InChI=1S/C20H17N3O/c1-23-12-17(18-19(23)20(24)22-13-21-18)16-10-6-5-9-15(16)11-14-7-3-2-4-8-14/h2-10,12-13H,11H2,1H3,(H,21,22,24). The van der Waals surface area contributed by atoms with Gasteiger partial charge in [-0.25, -0.2) is 4.98 Å². The average Bonchev–Trinajstić information content (AvgIpc) is 2.94. The molecule has 4 heteroatoms. The number of hydrogen-bond acceptors (Lipinski definition) is 2. The third-order valence-corrected chi connectivity index (χ3v) is 4.30. The third-order valence-electron chi connectivity index (χ3n) is 4.30. The van der Waals surface area contributed by atoms with E-state index < -0.39 is 0 Å². The summed E-state index contributed by atoms with van der Waals surface area (Å²) < 4.78 is 1.84. The third kappa shape index (κ3) is 2.42. The molecule has 0 aliphatic carbocycles. The van der Waals surface area contributed by atoms with Crippen molar-refractivity contribution in [3.8, 4) is 11.1 Å². The van der Waals surface area contributed by atoms with E-state index in [1.54, 1.807) is 0 Å². The largest absolute Gasteiger partial charge is 0.344 e. The Hall–Kier alpha value is -3.14. The van der Waals surface area contributed by atoms with Gasteiger partial charge in [0.1, 0.15) is 11.0 Å². The van der Waals surface area contributed by atoms with Gasteiger partial charge in [-0.3, -0.25) is 4.79 Å². The zero-order chi connectivity index (χ0) is 16.5. The Morgan fingerprint density at radius 3 is 2.58 bits per heavy atom. The van der Waals surface area contributed by atoms with Gasteiger partial charge in [0.05, 0.1) is 6.33 Å². The number of hydrogen-bond donors (Lipinski definition) is 1. The van der Waals surface area contributed by atoms with E-state index in [1.807, 2.05) is 36.0 Å². The second-order valence-electron chi connectivity index (χ2n) is 5.90. The van der Waals surface area contributed by atoms with Crippen molar-refractivity contribution in [2.75, 3.05) is 0 Å². The van der Waals surface area contributed by atoms with Crippen LogP contribution in [0.5, 0.6) is 0 Å². The number of rotatable bonds is 3. The molecule has 0 saturated heterocycles. The van der Waals surface area contributed by atoms with Crippen LogP contribution in [0.1, 0.15) is 11.1 Å². The molecule has 24 heavy (non-hydrogen) atoms. The van der Waals surface area contributed by atoms with Crippen LogP contribution in [0.4, 0.5) is 0 Å². The molecule has 0 spiro atoms. The maximum atomic E-state index is 12.1. The van der Waals surface area contributed by atoms with Crippen LogP contribution in [0.3, 0.4) is 0 Å². The minimum Gasteiger partial charge on any atom is -0.344 e. The highest BCUT2D eigenvalue weighted by molar-refractivity contribution is 5.93. The molecule has 4 aromatic rings. The number of nitrogens with one attached hydrogen (secondary N) is 1. The van der Waals surface area contributed by atoms with Gasteiger partial charge in [-0.2, -0.15) is 0 Å². The van der Waals surface area contributed by atoms with Gasteiger partial charge in [0.25, 0.3) is 5.56 Å². The molecule has 0 bridgehead atoms. The lowest BCUT2D eigenvalue weighted by molar-refractivity contribution is 0.954. The first-order valence-corrected chi connectivity index (χ1v) is 7.89. The van der Waals surface area contributed by atoms with Gasteiger partial charge in [-0.15, -0.1) is 0 Å². The molecule has 0 fully saturated rings. The molecular formula is C20H17N3O. The minimum atomic E-state index is -0.116. The molecule has 2 heterocycles. The average molecular weight is 315 g/mol. The van der Waals surface area contributed by atoms with Gasteiger partial charge >= 0.3 is 0 Å². The Balaban J connectivity index is 1.90. The van der Waals surface area contributed by atoms with Gasteiger partial charge < -0.3 is 9.55 Å². The van der Waals surface area contributed by atoms with Crippen molar-refractivity contribution in [2.24, 2.45) is 7.05 Å². The van der Waals surface area contributed by atoms with Gasteiger partial charge in [-0.05, 0) is 23.1 Å². The Labute approximate surface area is 139 Å². The number of nitrogens with zero attached hydrogens (tertiary/aromatic N) is 2. The van der Waals surface area contributed by atoms with Crippen molar-refractivity contribution < 1.29 is 0 Å². The molecule has 0 aliphatic heterocycles. The molecule has 4 rings (SSSR count). The van der Waals surface area contributed by atoms with Crippen LogP contribution in [0, 0.1) is 0 Å². The van der Waals surface area contributed by atoms with E-state index in [9.17, 15) is 4.79 Å². The SMILES string of the molecule is Cn1cc(-c2ccccc2Cc2ccccc2)c2nc[nH]c(=O)c21. The summed E-state index contributed by atoms with van der Waals surface area (Å²) in [5.74, 6) is 0. The molecule has 0 saturated carbocycles. The zero-order valence-corrected chi connectivity index (χ0v) is 13.4. The van der Waals surface area contributed by atoms with E-state index in [2.05, 4.69) is 46.4 Å². The highest BCUT2D eigenvalue weighted by Gasteiger charge is 2.15. The van der Waals surface area contributed by atoms with Gasteiger partial charge in [-0.1, -0.05) is 54.6 Å². The Morgan fingerprint density at radius 1 is 1.00 bits per heavy atom. The molecule has 2 aromatic heterocycles. The summed E-state index contributed by atoms with van der Waals surface area (Å²) in [6.07, 6.45) is 4.29. The Bertz CT molecular complexity index is 1060. The smallest absolute Gasteiger partial charge is 0.275 e. The van der Waals surface area contributed by atoms with E-state index in [0.29, 0.717) is 5.52 Å². The number of fused-ring (bicyclic) bond motifs is 1. The second kappa shape index (κ2) is 5.81. The number of H-pyrrole nitrogens is 1. The molecule has 118 valence electrons. The first-order valence-electron chi connectivity index (χ1n) is 7.89. The van der Waals surface area contributed by atoms with E-state index in [-0.39, 0.29) is 5.56 Å². The highest BCUT2D eigenvalue weighted by Crippen LogP contribution is 2.30. The quantitative estimate of drug-likeness (QED) is 0.629. The lowest BCUT2D eigenvalue weighted by Crippen LogP contribution is -2.08. The summed E-state index contributed by atoms with van der Waals surface area (Å²) in [4.78, 5) is 19.2. The summed E-state index contributed by atoms with van der Waals surface area (Å²) in [5.41, 5.74) is 5.81. The number of aryl methyl sites for hydroxylation is 1. The molecule has 0 aliphatic rings. The molecule has 1 N–H and O–H groups in total. The summed E-state index contributed by atoms with van der Waals surface area (Å²) in [6, 6.07) is 18.7. The van der Waals surface area contributed by atoms with E-state index in [1.165, 1.54) is 17.5 Å². The Morgan fingerprint density at radius 2 is 1.75 bits per heavy atom. The second-order valence-corrected chi connectivity index (χ2v) is 5.90. The topological polar surface area (TPSA) is 50.7 Å². The molecule has 0 radical (unpaired) electrons. The fourth-order valence-electron chi connectivity index (χ4n) is 3.19. The van der Waals surface area contributed by atoms with Gasteiger partial charge in [0.2, 0.25) is 0 Å². The van der Waals surface area contributed by atoms with Crippen molar-refractivity contribution in [3.05, 3.63) is 88.6 Å². The molecule has 0 atom stereocenters. The normalized spacial score (nSPS) is 11.0. The lowest BCUT2D eigenvalue weighted by Gasteiger charge is -2.09. The van der Waals surface area contributed by atoms with Crippen LogP contribution in [0.2, 0.25) is 0 Å². The molecule has 0 amide bonds. The number of benzene rings is 2. The predicted octanol–water partition coefficient (Wildman–Crippen LogP) is 3.52. The first-order chi connectivity index (χ1) is 11.7. The van der Waals surface area contributed by atoms with Gasteiger partial charge in [0, 0.05) is 18.8 Å². The maximum absolute atomic E-state index is 12.1. The van der Waals surface area contributed by atoms with Crippen LogP contribution in [-0.4, -0.2) is 14.5 Å². The van der Waals surface area contributed by atoms with Crippen molar-refractivity contribution in [2.45, 2.75) is 6.42 Å². The van der Waals surface area contributed by atoms with Crippen LogP contribution >= 0.6 is 0 Å². The van der Waals surface area contributed by atoms with E-state index in [4.69, 9.17) is 0 Å². The monoisotopic (exact) mass is 315 g/mol. The number of aromatic amines is 1. The Kier molecular flexibility index (Phi) is 3.50. The van der Waals surface area contributed by atoms with Crippen LogP contribution in [0.15, 0.2) is 71.9 Å². The minimum absolute atomic E-state index is 0.116. The predicted molar refractivity (Wildman–Crippen MR) is 96.0 cm³/mol. The molecular weight excluding hydrogens is 298 g/mol. The summed E-state index contributed by atoms with van der Waals surface area (Å²) in [7, 11) is 1.88. The fraction of sp³-hybridized carbons (Fsp3) is 0.100. The van der Waals surface area contributed by atoms with Crippen molar-refractivity contribution >= 4 is 11.0 Å². The molecule has 0 unspecified atom stereocenters. The van der Waals surface area contributed by atoms with Crippen molar-refractivity contribution in [1.82, 2.24) is 14.5 Å². The van der Waals surface area contributed by atoms with E-state index >= 15 is 0 Å². The van der Waals surface area contributed by atoms with Crippen LogP contribution in [0.25, 0.3) is 22.2 Å². The van der Waals surface area contributed by atoms with E-state index in [0.717, 1.165) is 23.1 Å². The zero-order valence-electron chi connectivity index (χ0n) is 13.4. The fourth-order valence-corrected chi connectivity index (χ4v) is 3.19. The van der Waals surface area contributed by atoms with Gasteiger partial charge in [0.15, 0.2) is 0 Å². The summed E-state index contributed by atoms with van der Waals surface area (Å²) >= 11 is 0. The number of aromatic nitrogens is 3. The first kappa shape index (κ1) is 14.5. The summed E-state index contributed by atoms with van der Waals surface area (Å²) in [6.45, 7) is 0. The molecule has 4 nitrogen and oxygen atoms in total. The maximum Gasteiger partial charge on any atom is 0.275 e. The van der Waals surface area contributed by atoms with Crippen LogP contribution in [-0.2, 0) is 13.5 Å².